The number of carboxylic acids is 1. The Morgan fingerprint density at radius 1 is 1.17 bits per heavy atom. The zero-order chi connectivity index (χ0) is 17.5. The number of hydrogen-bond donors (Lipinski definition) is 3. The molecule has 0 radical (unpaired) electrons. The van der Waals surface area contributed by atoms with Crippen molar-refractivity contribution < 1.29 is 19.7 Å². The van der Waals surface area contributed by atoms with E-state index in [1.807, 2.05) is 38.1 Å². The van der Waals surface area contributed by atoms with E-state index >= 15 is 0 Å². The Hall–Kier alpha value is -2.37. The zero-order valence-electron chi connectivity index (χ0n) is 13.9. The van der Waals surface area contributed by atoms with E-state index in [4.69, 9.17) is 9.84 Å². The molecule has 0 heterocycles. The number of rotatable bonds is 8. The molecule has 2 rings (SSSR count). The molecule has 0 fully saturated rings. The predicted octanol–water partition coefficient (Wildman–Crippen LogP) is 3.00. The second kappa shape index (κ2) is 8.47. The molecule has 2 aromatic rings. The number of nitrogens with one attached hydrogen (secondary N) is 1. The van der Waals surface area contributed by atoms with Crippen molar-refractivity contribution in [1.29, 1.82) is 0 Å². The van der Waals surface area contributed by atoms with Crippen LogP contribution in [0.5, 0.6) is 5.75 Å². The molecule has 0 aromatic heterocycles. The first-order valence-corrected chi connectivity index (χ1v) is 7.93. The van der Waals surface area contributed by atoms with Gasteiger partial charge in [0.1, 0.15) is 5.75 Å². The Labute approximate surface area is 141 Å². The summed E-state index contributed by atoms with van der Waals surface area (Å²) in [4.78, 5) is 10.8. The Balaban J connectivity index is 1.86. The summed E-state index contributed by atoms with van der Waals surface area (Å²) in [6, 6.07) is 14.1. The number of aliphatic hydroxyl groups excluding tert-OH is 1. The van der Waals surface area contributed by atoms with E-state index < -0.39 is 12.1 Å². The Kier molecular flexibility index (Phi) is 6.35. The maximum atomic E-state index is 10.8. The quantitative estimate of drug-likeness (QED) is 0.694. The van der Waals surface area contributed by atoms with Crippen molar-refractivity contribution in [1.82, 2.24) is 5.32 Å². The van der Waals surface area contributed by atoms with Crippen molar-refractivity contribution >= 4 is 5.97 Å². The summed E-state index contributed by atoms with van der Waals surface area (Å²) in [6.45, 7) is 4.87. The molecule has 1 atom stereocenters. The molecule has 5 nitrogen and oxygen atoms in total. The van der Waals surface area contributed by atoms with E-state index in [1.54, 1.807) is 24.3 Å². The average Bonchev–Trinajstić information content (AvgIpc) is 2.55. The fraction of sp³-hybridized carbons (Fsp3) is 0.316. The Bertz CT molecular complexity index is 667. The molecule has 0 spiro atoms. The van der Waals surface area contributed by atoms with Crippen molar-refractivity contribution in [2.24, 2.45) is 0 Å². The van der Waals surface area contributed by atoms with Gasteiger partial charge in [-0.15, -0.1) is 0 Å². The lowest BCUT2D eigenvalue weighted by atomic mass is 10.1. The highest BCUT2D eigenvalue weighted by Crippen LogP contribution is 2.20. The van der Waals surface area contributed by atoms with Crippen LogP contribution in [0.2, 0.25) is 0 Å². The number of benzene rings is 2. The van der Waals surface area contributed by atoms with Gasteiger partial charge < -0.3 is 20.3 Å². The molecule has 128 valence electrons. The Morgan fingerprint density at radius 3 is 2.50 bits per heavy atom. The van der Waals surface area contributed by atoms with E-state index in [0.29, 0.717) is 13.1 Å². The topological polar surface area (TPSA) is 78.8 Å². The van der Waals surface area contributed by atoms with Gasteiger partial charge in [0, 0.05) is 13.1 Å². The standard InChI is InChI=1S/C19H23NO4/c1-13(2)24-17-5-3-4-16(10-17)18(21)12-20-11-14-6-8-15(9-7-14)19(22)23/h3-10,13,18,20-21H,11-12H2,1-2H3,(H,22,23). The van der Waals surface area contributed by atoms with Crippen LogP contribution >= 0.6 is 0 Å². The van der Waals surface area contributed by atoms with Crippen LogP contribution in [0, 0.1) is 0 Å². The predicted molar refractivity (Wildman–Crippen MR) is 92.3 cm³/mol. The lowest BCUT2D eigenvalue weighted by Gasteiger charge is -2.15. The number of ether oxygens (including phenoxy) is 1. The van der Waals surface area contributed by atoms with E-state index in [1.165, 1.54) is 0 Å². The normalized spacial score (nSPS) is 12.2. The van der Waals surface area contributed by atoms with E-state index in [-0.39, 0.29) is 11.7 Å². The van der Waals surface area contributed by atoms with Crippen molar-refractivity contribution in [3.8, 4) is 5.75 Å². The zero-order valence-corrected chi connectivity index (χ0v) is 13.9. The largest absolute Gasteiger partial charge is 0.491 e. The second-order valence-electron chi connectivity index (χ2n) is 5.89. The van der Waals surface area contributed by atoms with Gasteiger partial charge in [0.25, 0.3) is 0 Å². The highest BCUT2D eigenvalue weighted by Gasteiger charge is 2.09. The summed E-state index contributed by atoms with van der Waals surface area (Å²) in [5, 5.41) is 22.3. The number of carbonyl (C=O) groups is 1. The van der Waals surface area contributed by atoms with Gasteiger partial charge in [-0.3, -0.25) is 0 Å². The van der Waals surface area contributed by atoms with E-state index in [9.17, 15) is 9.90 Å². The molecule has 24 heavy (non-hydrogen) atoms. The van der Waals surface area contributed by atoms with Crippen LogP contribution in [-0.2, 0) is 6.54 Å². The molecular weight excluding hydrogens is 306 g/mol. The van der Waals surface area contributed by atoms with Crippen molar-refractivity contribution in [3.05, 3.63) is 65.2 Å². The van der Waals surface area contributed by atoms with Crippen LogP contribution in [0.1, 0.15) is 41.4 Å². The SMILES string of the molecule is CC(C)Oc1cccc(C(O)CNCc2ccc(C(=O)O)cc2)c1. The summed E-state index contributed by atoms with van der Waals surface area (Å²) >= 11 is 0. The van der Waals surface area contributed by atoms with Crippen LogP contribution in [0.25, 0.3) is 0 Å². The first kappa shape index (κ1) is 18.0. The molecule has 0 aliphatic heterocycles. The molecule has 5 heteroatoms. The fourth-order valence-corrected chi connectivity index (χ4v) is 2.30. The van der Waals surface area contributed by atoms with Crippen LogP contribution in [0.15, 0.2) is 48.5 Å². The lowest BCUT2D eigenvalue weighted by molar-refractivity contribution is 0.0697. The van der Waals surface area contributed by atoms with Crippen LogP contribution in [0.4, 0.5) is 0 Å². The van der Waals surface area contributed by atoms with E-state index in [2.05, 4.69) is 5.32 Å². The minimum atomic E-state index is -0.937. The third-order valence-electron chi connectivity index (χ3n) is 3.48. The van der Waals surface area contributed by atoms with Crippen LogP contribution in [-0.4, -0.2) is 28.8 Å². The molecule has 0 amide bonds. The first-order valence-electron chi connectivity index (χ1n) is 7.93. The summed E-state index contributed by atoms with van der Waals surface area (Å²) in [5.41, 5.74) is 2.02. The highest BCUT2D eigenvalue weighted by molar-refractivity contribution is 5.87. The second-order valence-corrected chi connectivity index (χ2v) is 5.89. The summed E-state index contributed by atoms with van der Waals surface area (Å²) in [6.07, 6.45) is -0.553. The third-order valence-corrected chi connectivity index (χ3v) is 3.48. The molecule has 0 aliphatic rings. The molecule has 3 N–H and O–H groups in total. The van der Waals surface area contributed by atoms with Gasteiger partial charge in [-0.25, -0.2) is 4.79 Å². The monoisotopic (exact) mass is 329 g/mol. The summed E-state index contributed by atoms with van der Waals surface area (Å²) in [7, 11) is 0. The third kappa shape index (κ3) is 5.37. The maximum absolute atomic E-state index is 10.8. The van der Waals surface area contributed by atoms with Gasteiger partial charge in [-0.1, -0.05) is 24.3 Å². The molecule has 0 bridgehead atoms. The van der Waals surface area contributed by atoms with Gasteiger partial charge in [0.05, 0.1) is 17.8 Å². The van der Waals surface area contributed by atoms with Crippen molar-refractivity contribution in [2.75, 3.05) is 6.54 Å². The minimum Gasteiger partial charge on any atom is -0.491 e. The minimum absolute atomic E-state index is 0.0873. The average molecular weight is 329 g/mol. The first-order chi connectivity index (χ1) is 11.5. The molecule has 1 unspecified atom stereocenters. The molecule has 2 aromatic carbocycles. The van der Waals surface area contributed by atoms with Gasteiger partial charge in [-0.05, 0) is 49.2 Å². The van der Waals surface area contributed by atoms with Gasteiger partial charge in [-0.2, -0.15) is 0 Å². The molecular formula is C19H23NO4. The van der Waals surface area contributed by atoms with Crippen molar-refractivity contribution in [2.45, 2.75) is 32.6 Å². The van der Waals surface area contributed by atoms with Gasteiger partial charge >= 0.3 is 5.97 Å². The molecule has 0 aliphatic carbocycles. The number of aliphatic hydroxyl groups is 1. The van der Waals surface area contributed by atoms with Gasteiger partial charge in [0.15, 0.2) is 0 Å². The number of aromatic carboxylic acids is 1. The van der Waals surface area contributed by atoms with E-state index in [0.717, 1.165) is 16.9 Å². The maximum Gasteiger partial charge on any atom is 0.335 e. The lowest BCUT2D eigenvalue weighted by Crippen LogP contribution is -2.21. The van der Waals surface area contributed by atoms with Gasteiger partial charge in [0.2, 0.25) is 0 Å². The number of carboxylic acid groups (broad SMARTS) is 1. The van der Waals surface area contributed by atoms with Crippen molar-refractivity contribution in [3.63, 3.8) is 0 Å². The summed E-state index contributed by atoms with van der Waals surface area (Å²) < 4.78 is 5.63. The Morgan fingerprint density at radius 2 is 1.88 bits per heavy atom. The van der Waals surface area contributed by atoms with Crippen LogP contribution < -0.4 is 10.1 Å². The fourth-order valence-electron chi connectivity index (χ4n) is 2.30. The highest BCUT2D eigenvalue weighted by atomic mass is 16.5. The summed E-state index contributed by atoms with van der Waals surface area (Å²) in [5.74, 6) is -0.195. The van der Waals surface area contributed by atoms with Crippen LogP contribution in [0.3, 0.4) is 0 Å². The number of hydrogen-bond acceptors (Lipinski definition) is 4. The molecule has 0 saturated carbocycles. The molecule has 0 saturated heterocycles. The smallest absolute Gasteiger partial charge is 0.335 e.